The largest absolute Gasteiger partial charge is 0.480 e. The minimum absolute atomic E-state index is 0.117. The number of rotatable bonds is 15. The Kier molecular flexibility index (Phi) is 13.0. The van der Waals surface area contributed by atoms with Crippen molar-refractivity contribution in [3.63, 3.8) is 0 Å². The molecular weight excluding hydrogens is 504 g/mol. The lowest BCUT2D eigenvalue weighted by Gasteiger charge is -2.25. The summed E-state index contributed by atoms with van der Waals surface area (Å²) in [6, 6.07) is -3.58. The van der Waals surface area contributed by atoms with Crippen molar-refractivity contribution in [1.82, 2.24) is 21.3 Å². The molecule has 1 heterocycles. The van der Waals surface area contributed by atoms with Gasteiger partial charge < -0.3 is 40.6 Å². The van der Waals surface area contributed by atoms with E-state index in [2.05, 4.69) is 21.3 Å². The van der Waals surface area contributed by atoms with Gasteiger partial charge in [-0.1, -0.05) is 26.7 Å². The molecule has 38 heavy (non-hydrogen) atoms. The van der Waals surface area contributed by atoms with E-state index in [1.165, 1.54) is 0 Å². The van der Waals surface area contributed by atoms with Crippen LogP contribution in [0.3, 0.4) is 0 Å². The van der Waals surface area contributed by atoms with Gasteiger partial charge >= 0.3 is 18.0 Å². The maximum atomic E-state index is 12.9. The highest BCUT2D eigenvalue weighted by atomic mass is 16.6. The monoisotopic (exact) mass is 544 g/mol. The first-order valence-electron chi connectivity index (χ1n) is 12.7. The predicted molar refractivity (Wildman–Crippen MR) is 133 cm³/mol. The van der Waals surface area contributed by atoms with Gasteiger partial charge in [-0.15, -0.1) is 0 Å². The van der Waals surface area contributed by atoms with Crippen LogP contribution in [0, 0.1) is 0 Å². The second kappa shape index (κ2) is 15.1. The van der Waals surface area contributed by atoms with Crippen LogP contribution >= 0.6 is 0 Å². The fraction of sp³-hybridized carbons (Fsp3) is 0.750. The third kappa shape index (κ3) is 11.3. The van der Waals surface area contributed by atoms with Crippen LogP contribution in [0.4, 0.5) is 4.79 Å². The van der Waals surface area contributed by atoms with Crippen molar-refractivity contribution in [3.8, 4) is 0 Å². The van der Waals surface area contributed by atoms with Gasteiger partial charge in [0.25, 0.3) is 5.91 Å². The zero-order chi connectivity index (χ0) is 29.0. The van der Waals surface area contributed by atoms with Crippen molar-refractivity contribution < 1.29 is 48.1 Å². The second-order valence-electron chi connectivity index (χ2n) is 9.71. The number of nitrogens with one attached hydrogen (secondary N) is 4. The molecule has 14 nitrogen and oxygen atoms in total. The standard InChI is InChI=1S/C24H40N4O10/c1-7-10-13(26-19(30)14(11-8-2)28-23(35)38-24(4,5)6)18(29)27-15(21(32)33)12-25-20(31)16-17(37-16)22(34)36-9-3/h13-17H,7-12H2,1-6H3,(H,25,31)(H,26,30)(H,27,29)(H,28,35)(H,32,33)/t13-,14-,15-,16?,17?/m0/s1. The predicted octanol–water partition coefficient (Wildman–Crippen LogP) is -0.0192. The van der Waals surface area contributed by atoms with Crippen LogP contribution < -0.4 is 21.3 Å². The van der Waals surface area contributed by atoms with Crippen LogP contribution in [0.15, 0.2) is 0 Å². The Labute approximate surface area is 221 Å². The molecule has 216 valence electrons. The van der Waals surface area contributed by atoms with Gasteiger partial charge in [0.2, 0.25) is 11.8 Å². The second-order valence-corrected chi connectivity index (χ2v) is 9.71. The van der Waals surface area contributed by atoms with Crippen LogP contribution in [-0.4, -0.2) is 89.9 Å². The summed E-state index contributed by atoms with van der Waals surface area (Å²) in [6.45, 7) is 9.88. The minimum atomic E-state index is -1.52. The van der Waals surface area contributed by atoms with E-state index in [4.69, 9.17) is 14.2 Å². The molecule has 1 rings (SSSR count). The Bertz CT molecular complexity index is 873. The summed E-state index contributed by atoms with van der Waals surface area (Å²) in [4.78, 5) is 73.4. The fourth-order valence-electron chi connectivity index (χ4n) is 3.33. The topological polar surface area (TPSA) is 202 Å². The van der Waals surface area contributed by atoms with Gasteiger partial charge in [-0.2, -0.15) is 0 Å². The molecule has 0 saturated carbocycles. The van der Waals surface area contributed by atoms with E-state index in [9.17, 15) is 33.9 Å². The molecular formula is C24H40N4O10. The number of carboxylic acid groups (broad SMARTS) is 1. The van der Waals surface area contributed by atoms with Crippen LogP contribution in [0.5, 0.6) is 0 Å². The first-order chi connectivity index (χ1) is 17.7. The normalized spacial score (nSPS) is 18.7. The molecule has 0 bridgehead atoms. The number of esters is 1. The average molecular weight is 545 g/mol. The molecule has 0 aromatic rings. The first-order valence-corrected chi connectivity index (χ1v) is 12.7. The molecule has 0 aromatic carbocycles. The Balaban J connectivity index is 2.76. The number of carboxylic acids is 1. The number of epoxide rings is 1. The maximum absolute atomic E-state index is 12.9. The van der Waals surface area contributed by atoms with E-state index < -0.39 is 78.2 Å². The highest BCUT2D eigenvalue weighted by Crippen LogP contribution is 2.23. The summed E-state index contributed by atoms with van der Waals surface area (Å²) < 4.78 is 14.9. The molecule has 4 amide bonds. The van der Waals surface area contributed by atoms with Crippen molar-refractivity contribution in [1.29, 1.82) is 0 Å². The number of amides is 4. The van der Waals surface area contributed by atoms with Crippen LogP contribution in [0.1, 0.15) is 67.2 Å². The van der Waals surface area contributed by atoms with Crippen molar-refractivity contribution in [3.05, 3.63) is 0 Å². The SMILES string of the molecule is CCC[C@H](NC(=O)OC(C)(C)C)C(=O)N[C@@H](CCC)C(=O)N[C@@H](CNC(=O)C1OC1C(=O)OCC)C(=O)O. The van der Waals surface area contributed by atoms with Gasteiger partial charge in [0, 0.05) is 6.54 Å². The summed E-state index contributed by atoms with van der Waals surface area (Å²) in [7, 11) is 0. The number of hydrogen-bond donors (Lipinski definition) is 5. The summed E-state index contributed by atoms with van der Waals surface area (Å²) in [5.74, 6) is -4.24. The lowest BCUT2D eigenvalue weighted by atomic mass is 10.1. The van der Waals surface area contributed by atoms with Crippen molar-refractivity contribution in [2.24, 2.45) is 0 Å². The molecule has 1 fully saturated rings. The lowest BCUT2D eigenvalue weighted by molar-refractivity contribution is -0.145. The van der Waals surface area contributed by atoms with E-state index in [-0.39, 0.29) is 19.4 Å². The molecule has 14 heteroatoms. The zero-order valence-corrected chi connectivity index (χ0v) is 22.8. The molecule has 5 atom stereocenters. The number of hydrogen-bond acceptors (Lipinski definition) is 9. The van der Waals surface area contributed by atoms with E-state index in [0.29, 0.717) is 12.8 Å². The van der Waals surface area contributed by atoms with Gasteiger partial charge in [0.05, 0.1) is 6.61 Å². The maximum Gasteiger partial charge on any atom is 0.408 e. The van der Waals surface area contributed by atoms with Gasteiger partial charge in [-0.3, -0.25) is 14.4 Å². The van der Waals surface area contributed by atoms with Gasteiger partial charge in [0.1, 0.15) is 23.7 Å². The molecule has 0 aliphatic carbocycles. The van der Waals surface area contributed by atoms with Crippen LogP contribution in [-0.2, 0) is 38.2 Å². The molecule has 2 unspecified atom stereocenters. The van der Waals surface area contributed by atoms with E-state index in [1.54, 1.807) is 34.6 Å². The lowest BCUT2D eigenvalue weighted by Crippen LogP contribution is -2.57. The molecule has 1 saturated heterocycles. The summed E-state index contributed by atoms with van der Waals surface area (Å²) in [5.41, 5.74) is -0.769. The summed E-state index contributed by atoms with van der Waals surface area (Å²) in [5, 5.41) is 19.2. The third-order valence-electron chi connectivity index (χ3n) is 5.16. The highest BCUT2D eigenvalue weighted by Gasteiger charge is 2.51. The van der Waals surface area contributed by atoms with Crippen LogP contribution in [0.2, 0.25) is 0 Å². The Morgan fingerprint density at radius 2 is 1.37 bits per heavy atom. The van der Waals surface area contributed by atoms with E-state index in [0.717, 1.165) is 0 Å². The Morgan fingerprint density at radius 3 is 1.84 bits per heavy atom. The summed E-state index contributed by atoms with van der Waals surface area (Å²) in [6.07, 6.45) is -1.42. The zero-order valence-electron chi connectivity index (χ0n) is 22.8. The number of carbonyl (C=O) groups excluding carboxylic acids is 5. The number of alkyl carbamates (subject to hydrolysis) is 1. The molecule has 1 aliphatic rings. The van der Waals surface area contributed by atoms with Gasteiger partial charge in [-0.25, -0.2) is 14.4 Å². The number of aliphatic carboxylic acids is 1. The fourth-order valence-corrected chi connectivity index (χ4v) is 3.33. The van der Waals surface area contributed by atoms with Crippen molar-refractivity contribution in [2.45, 2.75) is 103 Å². The first kappa shape index (κ1) is 32.6. The highest BCUT2D eigenvalue weighted by molar-refractivity contribution is 5.94. The van der Waals surface area contributed by atoms with Crippen LogP contribution in [0.25, 0.3) is 0 Å². The third-order valence-corrected chi connectivity index (χ3v) is 5.16. The Hall–Kier alpha value is -3.42. The van der Waals surface area contributed by atoms with E-state index in [1.807, 2.05) is 6.92 Å². The molecule has 0 radical (unpaired) electrons. The molecule has 5 N–H and O–H groups in total. The van der Waals surface area contributed by atoms with Gasteiger partial charge in [0.15, 0.2) is 12.2 Å². The Morgan fingerprint density at radius 1 is 0.842 bits per heavy atom. The molecule has 0 spiro atoms. The number of carbonyl (C=O) groups is 6. The van der Waals surface area contributed by atoms with Crippen molar-refractivity contribution in [2.75, 3.05) is 13.2 Å². The minimum Gasteiger partial charge on any atom is -0.480 e. The number of ether oxygens (including phenoxy) is 3. The molecule has 0 aromatic heterocycles. The summed E-state index contributed by atoms with van der Waals surface area (Å²) >= 11 is 0. The van der Waals surface area contributed by atoms with Crippen molar-refractivity contribution >= 4 is 35.8 Å². The quantitative estimate of drug-likeness (QED) is 0.138. The molecule has 1 aliphatic heterocycles. The average Bonchev–Trinajstić information content (AvgIpc) is 3.61. The van der Waals surface area contributed by atoms with Gasteiger partial charge in [-0.05, 0) is 40.5 Å². The smallest absolute Gasteiger partial charge is 0.408 e. The van der Waals surface area contributed by atoms with E-state index >= 15 is 0 Å².